The highest BCUT2D eigenvalue weighted by Crippen LogP contribution is 2.44. The van der Waals surface area contributed by atoms with Crippen molar-refractivity contribution in [3.63, 3.8) is 0 Å². The van der Waals surface area contributed by atoms with E-state index < -0.39 is 29.6 Å². The number of methoxy groups -OCH3 is 1. The van der Waals surface area contributed by atoms with Crippen LogP contribution in [0.25, 0.3) is 11.1 Å². The molecule has 2 unspecified atom stereocenters. The summed E-state index contributed by atoms with van der Waals surface area (Å²) in [5.41, 5.74) is 2.69. The SMILES string of the molecule is CC#CCC(NC(=O)OCC1c2ccccc2-c2ccccc21)C(=O)NC(C)(COC)C(=O)O. The molecule has 2 amide bonds. The fourth-order valence-corrected chi connectivity index (χ4v) is 3.99. The highest BCUT2D eigenvalue weighted by molar-refractivity contribution is 5.91. The number of ether oxygens (including phenoxy) is 2. The number of fused-ring (bicyclic) bond motifs is 3. The third-order valence-corrected chi connectivity index (χ3v) is 5.74. The van der Waals surface area contributed by atoms with Crippen LogP contribution in [0.1, 0.15) is 37.3 Å². The Labute approximate surface area is 198 Å². The van der Waals surface area contributed by atoms with Crippen LogP contribution in [0.2, 0.25) is 0 Å². The quantitative estimate of drug-likeness (QED) is 0.492. The lowest BCUT2D eigenvalue weighted by Gasteiger charge is -2.27. The van der Waals surface area contributed by atoms with E-state index in [0.717, 1.165) is 22.3 Å². The average molecular weight is 465 g/mol. The van der Waals surface area contributed by atoms with Gasteiger partial charge in [-0.05, 0) is 36.1 Å². The van der Waals surface area contributed by atoms with E-state index in [-0.39, 0.29) is 25.6 Å². The first-order valence-electron chi connectivity index (χ1n) is 10.9. The van der Waals surface area contributed by atoms with Crippen molar-refractivity contribution in [2.24, 2.45) is 0 Å². The van der Waals surface area contributed by atoms with E-state index in [0.29, 0.717) is 0 Å². The molecule has 2 aromatic rings. The monoisotopic (exact) mass is 464 g/mol. The lowest BCUT2D eigenvalue weighted by Crippen LogP contribution is -2.60. The van der Waals surface area contributed by atoms with Gasteiger partial charge in [-0.1, -0.05) is 48.5 Å². The molecule has 0 aromatic heterocycles. The predicted octanol–water partition coefficient (Wildman–Crippen LogP) is 2.91. The molecule has 1 aliphatic carbocycles. The predicted molar refractivity (Wildman–Crippen MR) is 126 cm³/mol. The molecule has 0 saturated carbocycles. The number of aliphatic carboxylic acids is 1. The molecule has 1 aliphatic rings. The van der Waals surface area contributed by atoms with Crippen LogP contribution in [0.3, 0.4) is 0 Å². The fourth-order valence-electron chi connectivity index (χ4n) is 3.99. The van der Waals surface area contributed by atoms with Gasteiger partial charge in [0.15, 0.2) is 5.54 Å². The second-order valence-corrected chi connectivity index (χ2v) is 8.21. The van der Waals surface area contributed by atoms with Crippen LogP contribution < -0.4 is 10.6 Å². The van der Waals surface area contributed by atoms with Gasteiger partial charge in [-0.2, -0.15) is 0 Å². The Bertz CT molecular complexity index is 1090. The van der Waals surface area contributed by atoms with Crippen LogP contribution in [0, 0.1) is 11.8 Å². The molecule has 3 N–H and O–H groups in total. The zero-order valence-corrected chi connectivity index (χ0v) is 19.4. The van der Waals surface area contributed by atoms with Crippen molar-refractivity contribution >= 4 is 18.0 Å². The van der Waals surface area contributed by atoms with E-state index in [1.807, 2.05) is 48.5 Å². The number of carboxylic acids is 1. The van der Waals surface area contributed by atoms with Crippen LogP contribution >= 0.6 is 0 Å². The summed E-state index contributed by atoms with van der Waals surface area (Å²) in [6.07, 6.45) is -0.793. The first kappa shape index (κ1) is 24.8. The summed E-state index contributed by atoms with van der Waals surface area (Å²) in [7, 11) is 1.34. The molecular formula is C26H28N2O6. The molecule has 34 heavy (non-hydrogen) atoms. The minimum absolute atomic E-state index is 0.00475. The number of benzene rings is 2. The molecule has 0 heterocycles. The van der Waals surface area contributed by atoms with Gasteiger partial charge in [-0.3, -0.25) is 4.79 Å². The van der Waals surface area contributed by atoms with Gasteiger partial charge in [-0.25, -0.2) is 9.59 Å². The van der Waals surface area contributed by atoms with E-state index in [9.17, 15) is 19.5 Å². The van der Waals surface area contributed by atoms with Crippen LogP contribution in [0.15, 0.2) is 48.5 Å². The largest absolute Gasteiger partial charge is 0.479 e. The highest BCUT2D eigenvalue weighted by Gasteiger charge is 2.37. The van der Waals surface area contributed by atoms with E-state index in [1.165, 1.54) is 14.0 Å². The molecule has 0 radical (unpaired) electrons. The number of alkyl carbamates (subject to hydrolysis) is 1. The Balaban J connectivity index is 1.69. The van der Waals surface area contributed by atoms with Crippen LogP contribution in [-0.2, 0) is 19.1 Å². The normalized spacial score (nSPS) is 14.4. The van der Waals surface area contributed by atoms with Crippen molar-refractivity contribution in [2.45, 2.75) is 37.8 Å². The maximum atomic E-state index is 12.8. The average Bonchev–Trinajstić information content (AvgIpc) is 3.14. The standard InChI is InChI=1S/C26H28N2O6/c1-4-5-14-22(23(29)28-26(2,16-33-3)24(30)31)27-25(32)34-15-21-19-12-8-6-10-17(19)18-11-7-9-13-20(18)21/h6-13,21-22H,14-16H2,1-3H3,(H,27,32)(H,28,29)(H,30,31). The topological polar surface area (TPSA) is 114 Å². The van der Waals surface area contributed by atoms with Gasteiger partial charge in [0.25, 0.3) is 0 Å². The first-order valence-corrected chi connectivity index (χ1v) is 10.9. The van der Waals surface area contributed by atoms with Crippen LogP contribution in [0.4, 0.5) is 4.79 Å². The molecule has 0 fully saturated rings. The molecule has 0 saturated heterocycles. The van der Waals surface area contributed by atoms with Gasteiger partial charge < -0.3 is 25.2 Å². The van der Waals surface area contributed by atoms with E-state index in [4.69, 9.17) is 9.47 Å². The molecule has 2 aromatic carbocycles. The summed E-state index contributed by atoms with van der Waals surface area (Å²) < 4.78 is 10.4. The molecule has 0 aliphatic heterocycles. The summed E-state index contributed by atoms with van der Waals surface area (Å²) in [5, 5.41) is 14.4. The van der Waals surface area contributed by atoms with Gasteiger partial charge in [0.05, 0.1) is 6.61 Å². The summed E-state index contributed by atoms with van der Waals surface area (Å²) in [4.78, 5) is 37.0. The number of carbonyl (C=O) groups is 3. The third kappa shape index (κ3) is 5.38. The Morgan fingerprint density at radius 3 is 2.21 bits per heavy atom. The molecule has 3 rings (SSSR count). The number of hydrogen-bond donors (Lipinski definition) is 3. The Hall–Kier alpha value is -3.83. The minimum atomic E-state index is -1.66. The number of rotatable bonds is 9. The summed E-state index contributed by atoms with van der Waals surface area (Å²) in [5.74, 6) is 3.33. The van der Waals surface area contributed by atoms with Gasteiger partial charge in [0.2, 0.25) is 5.91 Å². The molecule has 2 atom stereocenters. The molecule has 8 nitrogen and oxygen atoms in total. The molecular weight excluding hydrogens is 436 g/mol. The van der Waals surface area contributed by atoms with E-state index in [2.05, 4.69) is 22.5 Å². The molecule has 178 valence electrons. The van der Waals surface area contributed by atoms with Gasteiger partial charge >= 0.3 is 12.1 Å². The maximum Gasteiger partial charge on any atom is 0.407 e. The van der Waals surface area contributed by atoms with Crippen molar-refractivity contribution in [3.05, 3.63) is 59.7 Å². The van der Waals surface area contributed by atoms with Crippen molar-refractivity contribution in [1.82, 2.24) is 10.6 Å². The lowest BCUT2D eigenvalue weighted by molar-refractivity contribution is -0.149. The number of amides is 2. The smallest absolute Gasteiger partial charge is 0.407 e. The summed E-state index contributed by atoms with van der Waals surface area (Å²) in [6.45, 7) is 2.77. The second kappa shape index (κ2) is 10.9. The van der Waals surface area contributed by atoms with E-state index >= 15 is 0 Å². The number of nitrogens with one attached hydrogen (secondary N) is 2. The van der Waals surface area contributed by atoms with Crippen molar-refractivity contribution in [2.75, 3.05) is 20.3 Å². The summed E-state index contributed by atoms with van der Waals surface area (Å²) >= 11 is 0. The Kier molecular flexibility index (Phi) is 7.92. The summed E-state index contributed by atoms with van der Waals surface area (Å²) in [6, 6.07) is 14.8. The van der Waals surface area contributed by atoms with Crippen molar-refractivity contribution in [1.29, 1.82) is 0 Å². The van der Waals surface area contributed by atoms with E-state index in [1.54, 1.807) is 6.92 Å². The Morgan fingerprint density at radius 2 is 1.68 bits per heavy atom. The zero-order chi connectivity index (χ0) is 24.7. The van der Waals surface area contributed by atoms with Gasteiger partial charge in [0, 0.05) is 19.4 Å². The molecule has 0 spiro atoms. The van der Waals surface area contributed by atoms with Crippen molar-refractivity contribution in [3.8, 4) is 23.0 Å². The highest BCUT2D eigenvalue weighted by atomic mass is 16.5. The lowest BCUT2D eigenvalue weighted by atomic mass is 9.98. The zero-order valence-electron chi connectivity index (χ0n) is 19.4. The first-order chi connectivity index (χ1) is 16.3. The minimum Gasteiger partial charge on any atom is -0.479 e. The molecule has 0 bridgehead atoms. The number of carbonyl (C=O) groups excluding carboxylic acids is 2. The fraction of sp³-hybridized carbons (Fsp3) is 0.346. The number of hydrogen-bond acceptors (Lipinski definition) is 5. The van der Waals surface area contributed by atoms with Crippen molar-refractivity contribution < 1.29 is 29.0 Å². The molecule has 8 heteroatoms. The Morgan fingerprint density at radius 1 is 1.09 bits per heavy atom. The second-order valence-electron chi connectivity index (χ2n) is 8.21. The van der Waals surface area contributed by atoms with Crippen LogP contribution in [0.5, 0.6) is 0 Å². The van der Waals surface area contributed by atoms with Crippen LogP contribution in [-0.4, -0.2) is 55.0 Å². The van der Waals surface area contributed by atoms with Gasteiger partial charge in [0.1, 0.15) is 12.6 Å². The maximum absolute atomic E-state index is 12.8. The third-order valence-electron chi connectivity index (χ3n) is 5.74. The number of carboxylic acid groups (broad SMARTS) is 1. The van der Waals surface area contributed by atoms with Gasteiger partial charge in [-0.15, -0.1) is 11.8 Å².